The van der Waals surface area contributed by atoms with Crippen LogP contribution < -0.4 is 5.32 Å². The van der Waals surface area contributed by atoms with Crippen molar-refractivity contribution in [3.05, 3.63) is 58.4 Å². The van der Waals surface area contributed by atoms with Gasteiger partial charge in [0, 0.05) is 24.7 Å². The predicted octanol–water partition coefficient (Wildman–Crippen LogP) is 2.89. The largest absolute Gasteiger partial charge is 0.352 e. The van der Waals surface area contributed by atoms with Gasteiger partial charge in [0.15, 0.2) is 0 Å². The lowest BCUT2D eigenvalue weighted by Crippen LogP contribution is -2.40. The summed E-state index contributed by atoms with van der Waals surface area (Å²) in [6.45, 7) is 6.14. The topological polar surface area (TPSA) is 67.2 Å². The highest BCUT2D eigenvalue weighted by Crippen LogP contribution is 2.22. The van der Waals surface area contributed by atoms with E-state index in [1.165, 1.54) is 11.0 Å². The number of aromatic nitrogens is 2. The van der Waals surface area contributed by atoms with Gasteiger partial charge in [-0.3, -0.25) is 9.59 Å². The van der Waals surface area contributed by atoms with E-state index in [2.05, 4.69) is 10.4 Å². The number of nitrogens with zero attached hydrogens (tertiary/aromatic N) is 3. The number of hydrogen-bond donors (Lipinski definition) is 1. The first kappa shape index (κ1) is 20.7. The van der Waals surface area contributed by atoms with Crippen molar-refractivity contribution < 1.29 is 9.59 Å². The fourth-order valence-corrected chi connectivity index (χ4v) is 2.86. The molecule has 1 N–H and O–H groups in total. The van der Waals surface area contributed by atoms with Crippen LogP contribution in [0.4, 0.5) is 0 Å². The molecule has 0 radical (unpaired) electrons. The van der Waals surface area contributed by atoms with E-state index in [1.54, 1.807) is 17.8 Å². The normalized spacial score (nSPS) is 11.2. The number of aryl methyl sites for hydroxylation is 1. The van der Waals surface area contributed by atoms with E-state index in [-0.39, 0.29) is 24.4 Å². The van der Waals surface area contributed by atoms with Crippen LogP contribution in [0.5, 0.6) is 0 Å². The lowest BCUT2D eigenvalue weighted by atomic mass is 10.2. The zero-order chi connectivity index (χ0) is 20.0. The minimum atomic E-state index is -0.278. The third-order valence-electron chi connectivity index (χ3n) is 3.88. The Bertz CT molecular complexity index is 828. The zero-order valence-electron chi connectivity index (χ0n) is 16.1. The molecule has 1 heterocycles. The molecule has 0 aliphatic carbocycles. The molecule has 1 aromatic heterocycles. The number of carbonyl (C=O) groups is 2. The second-order valence-corrected chi connectivity index (χ2v) is 7.04. The summed E-state index contributed by atoms with van der Waals surface area (Å²) in [6, 6.07) is 9.92. The van der Waals surface area contributed by atoms with Crippen LogP contribution in [0.3, 0.4) is 0 Å². The van der Waals surface area contributed by atoms with E-state index in [4.69, 9.17) is 11.6 Å². The molecule has 0 spiro atoms. The van der Waals surface area contributed by atoms with Crippen molar-refractivity contribution in [1.82, 2.24) is 20.0 Å². The van der Waals surface area contributed by atoms with Crippen LogP contribution in [0.15, 0.2) is 36.4 Å². The summed E-state index contributed by atoms with van der Waals surface area (Å²) in [5.74, 6) is -0.473. The Morgan fingerprint density at radius 2 is 1.96 bits per heavy atom. The molecule has 2 aromatic rings. The van der Waals surface area contributed by atoms with Crippen molar-refractivity contribution in [3.8, 4) is 0 Å². The van der Waals surface area contributed by atoms with Gasteiger partial charge in [-0.15, -0.1) is 0 Å². The number of nitrogens with one attached hydrogen (secondary N) is 1. The minimum Gasteiger partial charge on any atom is -0.352 e. The van der Waals surface area contributed by atoms with Gasteiger partial charge < -0.3 is 10.2 Å². The van der Waals surface area contributed by atoms with Gasteiger partial charge in [-0.25, -0.2) is 4.68 Å². The van der Waals surface area contributed by atoms with E-state index in [0.29, 0.717) is 17.3 Å². The summed E-state index contributed by atoms with van der Waals surface area (Å²) in [5.41, 5.74) is 2.52. The summed E-state index contributed by atoms with van der Waals surface area (Å²) in [7, 11) is 1.58. The van der Waals surface area contributed by atoms with Crippen molar-refractivity contribution in [3.63, 3.8) is 0 Å². The van der Waals surface area contributed by atoms with Crippen LogP contribution in [0.1, 0.15) is 30.7 Å². The van der Waals surface area contributed by atoms with Gasteiger partial charge in [0.1, 0.15) is 5.15 Å². The third-order valence-corrected chi connectivity index (χ3v) is 4.28. The van der Waals surface area contributed by atoms with Crippen molar-refractivity contribution in [2.24, 2.45) is 0 Å². The van der Waals surface area contributed by atoms with E-state index in [0.717, 1.165) is 11.3 Å². The molecular formula is C20H25ClN4O2. The maximum absolute atomic E-state index is 12.2. The molecule has 144 valence electrons. The number of halogens is 1. The molecule has 0 fully saturated rings. The van der Waals surface area contributed by atoms with E-state index in [9.17, 15) is 9.59 Å². The Kier molecular flexibility index (Phi) is 7.19. The summed E-state index contributed by atoms with van der Waals surface area (Å²) >= 11 is 6.44. The van der Waals surface area contributed by atoms with Crippen molar-refractivity contribution in [2.75, 3.05) is 13.6 Å². The summed E-state index contributed by atoms with van der Waals surface area (Å²) < 4.78 is 1.70. The highest BCUT2D eigenvalue weighted by Gasteiger charge is 2.14. The molecule has 0 aliphatic rings. The van der Waals surface area contributed by atoms with E-state index < -0.39 is 0 Å². The van der Waals surface area contributed by atoms with Crippen molar-refractivity contribution in [2.45, 2.75) is 33.4 Å². The van der Waals surface area contributed by atoms with Crippen molar-refractivity contribution >= 4 is 29.5 Å². The van der Waals surface area contributed by atoms with Gasteiger partial charge in [-0.2, -0.15) is 5.10 Å². The number of amides is 2. The molecule has 0 unspecified atom stereocenters. The van der Waals surface area contributed by atoms with Crippen LogP contribution in [0.25, 0.3) is 6.08 Å². The molecule has 7 heteroatoms. The molecule has 2 amide bonds. The monoisotopic (exact) mass is 388 g/mol. The predicted molar refractivity (Wildman–Crippen MR) is 107 cm³/mol. The number of carbonyl (C=O) groups excluding carboxylic acids is 2. The van der Waals surface area contributed by atoms with Crippen LogP contribution in [0.2, 0.25) is 5.15 Å². The minimum absolute atomic E-state index is 0.00133. The van der Waals surface area contributed by atoms with Gasteiger partial charge in [0.05, 0.1) is 18.8 Å². The van der Waals surface area contributed by atoms with Crippen LogP contribution in [0, 0.1) is 6.92 Å². The Morgan fingerprint density at radius 1 is 1.30 bits per heavy atom. The first-order valence-corrected chi connectivity index (χ1v) is 9.15. The average molecular weight is 389 g/mol. The van der Waals surface area contributed by atoms with Gasteiger partial charge >= 0.3 is 0 Å². The Balaban J connectivity index is 2.06. The molecule has 0 aliphatic heterocycles. The summed E-state index contributed by atoms with van der Waals surface area (Å²) in [6.07, 6.45) is 3.05. The molecule has 0 saturated carbocycles. The Morgan fingerprint density at radius 3 is 2.59 bits per heavy atom. The Hall–Kier alpha value is -2.60. The molecule has 1 aromatic carbocycles. The first-order chi connectivity index (χ1) is 12.8. The summed E-state index contributed by atoms with van der Waals surface area (Å²) in [5, 5.41) is 7.68. The molecule has 0 bridgehead atoms. The van der Waals surface area contributed by atoms with Crippen LogP contribution in [-0.4, -0.2) is 46.1 Å². The quantitative estimate of drug-likeness (QED) is 0.741. The fraction of sp³-hybridized carbons (Fsp3) is 0.350. The van der Waals surface area contributed by atoms with Gasteiger partial charge in [-0.1, -0.05) is 41.9 Å². The van der Waals surface area contributed by atoms with E-state index in [1.807, 2.05) is 51.1 Å². The molecule has 6 nitrogen and oxygen atoms in total. The fourth-order valence-electron chi connectivity index (χ4n) is 2.56. The maximum Gasteiger partial charge on any atom is 0.246 e. The van der Waals surface area contributed by atoms with Crippen molar-refractivity contribution in [1.29, 1.82) is 0 Å². The second-order valence-electron chi connectivity index (χ2n) is 6.68. The number of hydrogen-bond acceptors (Lipinski definition) is 3. The van der Waals surface area contributed by atoms with Gasteiger partial charge in [-0.05, 0) is 32.4 Å². The molecule has 0 atom stereocenters. The number of benzene rings is 1. The van der Waals surface area contributed by atoms with Gasteiger partial charge in [0.25, 0.3) is 0 Å². The van der Waals surface area contributed by atoms with Gasteiger partial charge in [0.2, 0.25) is 11.8 Å². The second kappa shape index (κ2) is 9.37. The van der Waals surface area contributed by atoms with Crippen LogP contribution >= 0.6 is 11.6 Å². The molecule has 0 saturated heterocycles. The first-order valence-electron chi connectivity index (χ1n) is 8.77. The highest BCUT2D eigenvalue weighted by atomic mass is 35.5. The lowest BCUT2D eigenvalue weighted by Gasteiger charge is -2.16. The lowest BCUT2D eigenvalue weighted by molar-refractivity contribution is -0.131. The maximum atomic E-state index is 12.2. The highest BCUT2D eigenvalue weighted by molar-refractivity contribution is 6.31. The third kappa shape index (κ3) is 5.96. The zero-order valence-corrected chi connectivity index (χ0v) is 16.8. The number of rotatable bonds is 7. The molecule has 27 heavy (non-hydrogen) atoms. The van der Waals surface area contributed by atoms with Crippen LogP contribution in [-0.2, 0) is 16.1 Å². The average Bonchev–Trinajstić information content (AvgIpc) is 2.86. The number of likely N-dealkylation sites (N-methyl/N-ethyl adjacent to an activating group) is 1. The smallest absolute Gasteiger partial charge is 0.246 e. The standard InChI is InChI=1S/C20H25ClN4O2/c1-14(2)22-18(26)13-24(4)19(27)11-10-17-15(3)23-25(20(17)21)12-16-8-6-5-7-9-16/h5-11,14H,12-13H2,1-4H3,(H,22,26)/b11-10+. The summed E-state index contributed by atoms with van der Waals surface area (Å²) in [4.78, 5) is 25.4. The molecule has 2 rings (SSSR count). The Labute approximate surface area is 164 Å². The molecular weight excluding hydrogens is 364 g/mol. The van der Waals surface area contributed by atoms with E-state index >= 15 is 0 Å². The SMILES string of the molecule is Cc1nn(Cc2ccccc2)c(Cl)c1/C=C/C(=O)N(C)CC(=O)NC(C)C.